The number of hydrogen-bond acceptors (Lipinski definition) is 0. The van der Waals surface area contributed by atoms with Crippen LogP contribution in [0.1, 0.15) is 0 Å². The van der Waals surface area contributed by atoms with E-state index in [-0.39, 0.29) is 74.4 Å². The minimum Gasteiger partial charge on any atom is -1.00 e. The average Bonchev–Trinajstić information content (AvgIpc) is 1.72. The van der Waals surface area contributed by atoms with Crippen molar-refractivity contribution in [2.45, 2.75) is 0 Å². The molecule has 0 heterocycles. The maximum Gasteiger partial charge on any atom is -0.0623 e. The molecule has 1 aromatic rings. The molecule has 0 aliphatic rings. The Bertz CT molecular complexity index is 84.0. The lowest BCUT2D eigenvalue weighted by Crippen LogP contribution is -3.00. The van der Waals surface area contributed by atoms with Crippen molar-refractivity contribution >= 4 is 0 Å². The number of halogens is 6. The van der Waals surface area contributed by atoms with Crippen LogP contribution in [0, 0.1) is 0 Å². The second-order valence-corrected chi connectivity index (χ2v) is 1.15. The summed E-state index contributed by atoms with van der Waals surface area (Å²) >= 11 is 0. The Kier molecular flexibility index (Phi) is 94.6. The Morgan fingerprint density at radius 2 is 0.333 bits per heavy atom. The first kappa shape index (κ1) is 38.3. The summed E-state index contributed by atoms with van der Waals surface area (Å²) in [6.45, 7) is 0. The van der Waals surface area contributed by atoms with Crippen molar-refractivity contribution in [3.05, 3.63) is 36.4 Å². The molecule has 0 aliphatic carbocycles. The summed E-state index contributed by atoms with van der Waals surface area (Å²) in [4.78, 5) is 0. The van der Waals surface area contributed by atoms with E-state index in [0.717, 1.165) is 0 Å². The molecule has 78 valence electrons. The maximum absolute atomic E-state index is 2.00. The first-order valence-corrected chi connectivity index (χ1v) is 2.00. The summed E-state index contributed by atoms with van der Waals surface area (Å²) in [5, 5.41) is 0. The fourth-order valence-electron chi connectivity index (χ4n) is 0.385. The normalized spacial score (nSPS) is 4.00. The van der Waals surface area contributed by atoms with E-state index in [1.807, 2.05) is 36.4 Å². The Morgan fingerprint density at radius 1 is 0.250 bits per heavy atom. The zero-order valence-electron chi connectivity index (χ0n) is 5.73. The summed E-state index contributed by atoms with van der Waals surface area (Å²) in [7, 11) is 0. The lowest BCUT2D eigenvalue weighted by Gasteiger charge is -1.69. The molecule has 0 spiro atoms. The van der Waals surface area contributed by atoms with Crippen LogP contribution in [-0.2, 0) is 0 Å². The first-order valence-electron chi connectivity index (χ1n) is 2.00. The fraction of sp³-hybridized carbons (Fsp3) is 0. The molecule has 0 aromatic heterocycles. The van der Waals surface area contributed by atoms with Crippen LogP contribution < -0.4 is 74.4 Å². The van der Waals surface area contributed by atoms with Gasteiger partial charge in [0, 0.05) is 0 Å². The molecule has 0 radical (unpaired) electrons. The van der Waals surface area contributed by atoms with Crippen LogP contribution in [0.5, 0.6) is 0 Å². The van der Waals surface area contributed by atoms with E-state index in [2.05, 4.69) is 0 Å². The van der Waals surface area contributed by atoms with Crippen molar-refractivity contribution in [3.63, 3.8) is 0 Å². The molecule has 0 N–H and O–H groups in total. The maximum atomic E-state index is 2.00. The SMILES string of the molecule is [Cl-].[Cl-].[Cl-].[Cl-].[Cl-].[Cl-].c1ccccc1. The van der Waals surface area contributed by atoms with Gasteiger partial charge in [-0.05, 0) is 0 Å². The zero-order valence-corrected chi connectivity index (χ0v) is 10.3. The van der Waals surface area contributed by atoms with Crippen molar-refractivity contribution in [1.82, 2.24) is 0 Å². The first-order chi connectivity index (χ1) is 3.00. The van der Waals surface area contributed by atoms with E-state index in [9.17, 15) is 0 Å². The average molecular weight is 291 g/mol. The van der Waals surface area contributed by atoms with Crippen LogP contribution >= 0.6 is 0 Å². The van der Waals surface area contributed by atoms with E-state index >= 15 is 0 Å². The second kappa shape index (κ2) is 29.7. The topological polar surface area (TPSA) is 0 Å². The Hall–Kier alpha value is 0.960. The van der Waals surface area contributed by atoms with Gasteiger partial charge in [0.15, 0.2) is 0 Å². The minimum atomic E-state index is 0. The van der Waals surface area contributed by atoms with Gasteiger partial charge in [-0.1, -0.05) is 36.4 Å². The molecule has 12 heavy (non-hydrogen) atoms. The highest BCUT2D eigenvalue weighted by molar-refractivity contribution is 4.99. The molecular formula is C6H6Cl6-6. The summed E-state index contributed by atoms with van der Waals surface area (Å²) < 4.78 is 0. The lowest BCUT2D eigenvalue weighted by atomic mass is 10.4. The third-order valence-electron chi connectivity index (χ3n) is 0.667. The molecule has 0 fully saturated rings. The van der Waals surface area contributed by atoms with Crippen LogP contribution in [0.15, 0.2) is 36.4 Å². The monoisotopic (exact) mass is 288 g/mol. The highest BCUT2D eigenvalue weighted by Crippen LogP contribution is 1.79. The van der Waals surface area contributed by atoms with Gasteiger partial charge in [0.05, 0.1) is 0 Å². The van der Waals surface area contributed by atoms with Gasteiger partial charge in [0.2, 0.25) is 0 Å². The van der Waals surface area contributed by atoms with E-state index < -0.39 is 0 Å². The van der Waals surface area contributed by atoms with Gasteiger partial charge in [-0.15, -0.1) is 0 Å². The Labute approximate surface area is 110 Å². The standard InChI is InChI=1S/C6H6.6ClH/c1-2-4-6-5-3-1;;;;;;/h1-6H;6*1H/p-6. The van der Waals surface area contributed by atoms with Crippen LogP contribution in [0.2, 0.25) is 0 Å². The van der Waals surface area contributed by atoms with E-state index in [1.54, 1.807) is 0 Å². The summed E-state index contributed by atoms with van der Waals surface area (Å²) in [5.74, 6) is 0. The Morgan fingerprint density at radius 3 is 0.417 bits per heavy atom. The third-order valence-corrected chi connectivity index (χ3v) is 0.667. The number of hydrogen-bond donors (Lipinski definition) is 0. The lowest BCUT2D eigenvalue weighted by molar-refractivity contribution is -0.00100. The molecule has 0 aliphatic heterocycles. The molecule has 0 saturated carbocycles. The van der Waals surface area contributed by atoms with Crippen molar-refractivity contribution in [3.8, 4) is 0 Å². The van der Waals surface area contributed by atoms with Crippen LogP contribution in [0.25, 0.3) is 0 Å². The molecule has 1 rings (SSSR count). The van der Waals surface area contributed by atoms with Crippen molar-refractivity contribution in [2.24, 2.45) is 0 Å². The summed E-state index contributed by atoms with van der Waals surface area (Å²) in [5.41, 5.74) is 0. The third kappa shape index (κ3) is 22.4. The van der Waals surface area contributed by atoms with Gasteiger partial charge < -0.3 is 74.4 Å². The largest absolute Gasteiger partial charge is 1.00 e. The van der Waals surface area contributed by atoms with Gasteiger partial charge in [-0.2, -0.15) is 0 Å². The Balaban J connectivity index is -0.0000000150. The van der Waals surface area contributed by atoms with Gasteiger partial charge in [-0.3, -0.25) is 0 Å². The molecule has 0 bridgehead atoms. The van der Waals surface area contributed by atoms with Crippen molar-refractivity contribution < 1.29 is 74.4 Å². The number of rotatable bonds is 0. The molecule has 6 heteroatoms. The highest BCUT2D eigenvalue weighted by Gasteiger charge is 1.57. The van der Waals surface area contributed by atoms with E-state index in [4.69, 9.17) is 0 Å². The van der Waals surface area contributed by atoms with Crippen LogP contribution in [-0.4, -0.2) is 0 Å². The zero-order chi connectivity index (χ0) is 4.24. The predicted molar refractivity (Wildman–Crippen MR) is 26.4 cm³/mol. The predicted octanol–water partition coefficient (Wildman–Crippen LogP) is -16.3. The minimum absolute atomic E-state index is 0. The van der Waals surface area contributed by atoms with Gasteiger partial charge in [0.25, 0.3) is 0 Å². The molecule has 1 aromatic carbocycles. The van der Waals surface area contributed by atoms with Crippen LogP contribution in [0.4, 0.5) is 0 Å². The highest BCUT2D eigenvalue weighted by atomic mass is 35.5. The van der Waals surface area contributed by atoms with E-state index in [1.165, 1.54) is 0 Å². The number of benzene rings is 1. The molecular weight excluding hydrogens is 285 g/mol. The fourth-order valence-corrected chi connectivity index (χ4v) is 0.385. The molecule has 0 amide bonds. The van der Waals surface area contributed by atoms with Crippen molar-refractivity contribution in [1.29, 1.82) is 0 Å². The molecule has 0 unspecified atom stereocenters. The van der Waals surface area contributed by atoms with Gasteiger partial charge in [0.1, 0.15) is 0 Å². The molecule has 0 nitrogen and oxygen atoms in total. The van der Waals surface area contributed by atoms with Gasteiger partial charge in [-0.25, -0.2) is 0 Å². The second-order valence-electron chi connectivity index (χ2n) is 1.15. The quantitative estimate of drug-likeness (QED) is 0.445. The van der Waals surface area contributed by atoms with Crippen LogP contribution in [0.3, 0.4) is 0 Å². The van der Waals surface area contributed by atoms with Gasteiger partial charge >= 0.3 is 0 Å². The molecule has 0 atom stereocenters. The van der Waals surface area contributed by atoms with Crippen molar-refractivity contribution in [2.75, 3.05) is 0 Å². The van der Waals surface area contributed by atoms with E-state index in [0.29, 0.717) is 0 Å². The smallest absolute Gasteiger partial charge is 0.0623 e. The molecule has 0 saturated heterocycles. The summed E-state index contributed by atoms with van der Waals surface area (Å²) in [6, 6.07) is 12.0. The summed E-state index contributed by atoms with van der Waals surface area (Å²) in [6.07, 6.45) is 0.